The predicted octanol–water partition coefficient (Wildman–Crippen LogP) is 12.0. The van der Waals surface area contributed by atoms with Crippen molar-refractivity contribution in [3.8, 4) is 11.1 Å². The number of rotatable bonds is 18. The van der Waals surface area contributed by atoms with Crippen LogP contribution in [-0.4, -0.2) is 11.8 Å². The molecule has 0 bridgehead atoms. The van der Waals surface area contributed by atoms with E-state index in [1.54, 1.807) is 23.6 Å². The van der Waals surface area contributed by atoms with Crippen LogP contribution in [0.2, 0.25) is 0 Å². The van der Waals surface area contributed by atoms with Crippen LogP contribution >= 0.6 is 0 Å². The van der Waals surface area contributed by atoms with Crippen molar-refractivity contribution in [1.82, 2.24) is 0 Å². The van der Waals surface area contributed by atoms with Crippen molar-refractivity contribution in [2.45, 2.75) is 123 Å². The molecule has 4 N–H and O–H groups in total. The topological polar surface area (TPSA) is 92.7 Å². The smallest absolute Gasteiger partial charge is 0.228 e. The fourth-order valence-electron chi connectivity index (χ4n) is 8.10. The van der Waals surface area contributed by atoms with E-state index in [2.05, 4.69) is 50.2 Å². The van der Waals surface area contributed by atoms with Crippen LogP contribution in [0.25, 0.3) is 11.1 Å². The van der Waals surface area contributed by atoms with E-state index in [-0.39, 0.29) is 17.2 Å². The molecule has 0 spiro atoms. The second kappa shape index (κ2) is 17.6. The van der Waals surface area contributed by atoms with Crippen molar-refractivity contribution >= 4 is 45.9 Å². The minimum atomic E-state index is -0.251. The summed E-state index contributed by atoms with van der Waals surface area (Å²) in [6.45, 7) is 7.77. The molecule has 4 aromatic rings. The Hall–Kier alpha value is -4.58. The zero-order valence-electron chi connectivity index (χ0n) is 31.3. The van der Waals surface area contributed by atoms with Crippen LogP contribution in [-0.2, 0) is 15.0 Å². The lowest BCUT2D eigenvalue weighted by atomic mass is 9.70. The molecule has 4 aromatic carbocycles. The SMILES string of the molecule is CCCCCCCCC1(CCCCCCCC)c2cc(N(C(C)=O)c3ccc(N)cc3)ccc2-c2ccc(N(C(C)=O)c3ccc(N)cc3)cc21. The molecule has 0 saturated heterocycles. The molecule has 0 aromatic heterocycles. The van der Waals surface area contributed by atoms with E-state index in [4.69, 9.17) is 11.5 Å². The highest BCUT2D eigenvalue weighted by molar-refractivity contribution is 6.01. The highest BCUT2D eigenvalue weighted by atomic mass is 16.2. The molecule has 2 amide bonds. The molecular formula is C45H58N4O2. The molecule has 1 aliphatic rings. The molecule has 51 heavy (non-hydrogen) atoms. The lowest BCUT2D eigenvalue weighted by Crippen LogP contribution is -2.28. The van der Waals surface area contributed by atoms with Crippen molar-refractivity contribution < 1.29 is 9.59 Å². The molecule has 1 aliphatic carbocycles. The Kier molecular flexibility index (Phi) is 13.0. The minimum absolute atomic E-state index is 0.0458. The van der Waals surface area contributed by atoms with Gasteiger partial charge in [-0.3, -0.25) is 19.4 Å². The van der Waals surface area contributed by atoms with Gasteiger partial charge in [-0.25, -0.2) is 0 Å². The van der Waals surface area contributed by atoms with Gasteiger partial charge in [-0.1, -0.05) is 103 Å². The zero-order valence-corrected chi connectivity index (χ0v) is 31.3. The molecule has 5 rings (SSSR count). The lowest BCUT2D eigenvalue weighted by molar-refractivity contribution is -0.116. The van der Waals surface area contributed by atoms with Gasteiger partial charge in [-0.2, -0.15) is 0 Å². The number of hydrogen-bond donors (Lipinski definition) is 2. The Balaban J connectivity index is 1.64. The summed E-state index contributed by atoms with van der Waals surface area (Å²) in [7, 11) is 0. The maximum absolute atomic E-state index is 13.3. The molecule has 6 nitrogen and oxygen atoms in total. The molecule has 270 valence electrons. The maximum Gasteiger partial charge on any atom is 0.228 e. The van der Waals surface area contributed by atoms with Gasteiger partial charge < -0.3 is 11.5 Å². The second-order valence-electron chi connectivity index (χ2n) is 14.5. The van der Waals surface area contributed by atoms with Crippen LogP contribution in [0.15, 0.2) is 84.9 Å². The van der Waals surface area contributed by atoms with Crippen molar-refractivity contribution in [3.63, 3.8) is 0 Å². The highest BCUT2D eigenvalue weighted by Gasteiger charge is 2.43. The first-order valence-corrected chi connectivity index (χ1v) is 19.3. The van der Waals surface area contributed by atoms with Gasteiger partial charge in [0, 0.05) is 53.4 Å². The van der Waals surface area contributed by atoms with Crippen LogP contribution in [0, 0.1) is 0 Å². The Labute approximate surface area is 306 Å². The summed E-state index contributed by atoms with van der Waals surface area (Å²) in [6.07, 6.45) is 16.7. The van der Waals surface area contributed by atoms with Crippen molar-refractivity contribution in [2.24, 2.45) is 0 Å². The van der Waals surface area contributed by atoms with Gasteiger partial charge in [0.25, 0.3) is 0 Å². The largest absolute Gasteiger partial charge is 0.399 e. The summed E-state index contributed by atoms with van der Waals surface area (Å²) in [5.74, 6) is -0.0915. The van der Waals surface area contributed by atoms with E-state index in [0.717, 1.165) is 48.4 Å². The number of carbonyl (C=O) groups excluding carboxylic acids is 2. The van der Waals surface area contributed by atoms with E-state index in [1.807, 2.05) is 48.5 Å². The normalized spacial score (nSPS) is 12.7. The number of unbranched alkanes of at least 4 members (excludes halogenated alkanes) is 10. The minimum Gasteiger partial charge on any atom is -0.399 e. The number of nitrogen functional groups attached to an aromatic ring is 2. The molecule has 0 unspecified atom stereocenters. The number of carbonyl (C=O) groups is 2. The highest BCUT2D eigenvalue weighted by Crippen LogP contribution is 2.56. The fourth-order valence-corrected chi connectivity index (χ4v) is 8.10. The van der Waals surface area contributed by atoms with Crippen molar-refractivity contribution in [3.05, 3.63) is 96.1 Å². The predicted molar refractivity (Wildman–Crippen MR) is 216 cm³/mol. The standard InChI is InChI=1S/C45H58N4O2/c1-5-7-9-11-13-15-29-45(30-16-14-12-10-8-6-2)43-31-39(48(33(3)50)37-21-17-35(46)18-22-37)25-27-41(43)42-28-26-40(32-44(42)45)49(34(4)51)38-23-19-36(47)20-24-38/h17-28,31-32H,5-16,29-30,46-47H2,1-4H3. The Morgan fingerprint density at radius 2 is 0.824 bits per heavy atom. The molecule has 6 heteroatoms. The molecular weight excluding hydrogens is 629 g/mol. The van der Waals surface area contributed by atoms with Gasteiger partial charge in [-0.15, -0.1) is 0 Å². The van der Waals surface area contributed by atoms with Crippen LogP contribution in [0.3, 0.4) is 0 Å². The monoisotopic (exact) mass is 686 g/mol. The number of hydrogen-bond acceptors (Lipinski definition) is 4. The van der Waals surface area contributed by atoms with Crippen molar-refractivity contribution in [1.29, 1.82) is 0 Å². The molecule has 0 atom stereocenters. The van der Waals surface area contributed by atoms with E-state index in [0.29, 0.717) is 11.4 Å². The molecule has 0 fully saturated rings. The molecule has 0 aliphatic heterocycles. The Bertz CT molecular complexity index is 1630. The van der Waals surface area contributed by atoms with Gasteiger partial charge in [-0.05, 0) is 108 Å². The zero-order chi connectivity index (χ0) is 36.4. The van der Waals surface area contributed by atoms with E-state index in [9.17, 15) is 9.59 Å². The third-order valence-corrected chi connectivity index (χ3v) is 10.7. The van der Waals surface area contributed by atoms with Gasteiger partial charge in [0.15, 0.2) is 0 Å². The Morgan fingerprint density at radius 3 is 1.18 bits per heavy atom. The summed E-state index contributed by atoms with van der Waals surface area (Å²) in [5, 5.41) is 0. The number of anilines is 6. The first kappa shape index (κ1) is 37.7. The fraction of sp³-hybridized carbons (Fsp3) is 0.422. The summed E-state index contributed by atoms with van der Waals surface area (Å²) < 4.78 is 0. The average molecular weight is 687 g/mol. The molecule has 0 heterocycles. The number of nitrogens with two attached hydrogens (primary N) is 2. The van der Waals surface area contributed by atoms with E-state index >= 15 is 0 Å². The van der Waals surface area contributed by atoms with Gasteiger partial charge in [0.2, 0.25) is 11.8 Å². The second-order valence-corrected chi connectivity index (χ2v) is 14.5. The summed E-state index contributed by atoms with van der Waals surface area (Å²) in [6, 6.07) is 28.2. The molecule has 0 radical (unpaired) electrons. The summed E-state index contributed by atoms with van der Waals surface area (Å²) in [5.41, 5.74) is 21.5. The number of amides is 2. The average Bonchev–Trinajstić information content (AvgIpc) is 3.37. The van der Waals surface area contributed by atoms with Gasteiger partial charge in [0.1, 0.15) is 0 Å². The van der Waals surface area contributed by atoms with Crippen LogP contribution in [0.4, 0.5) is 34.1 Å². The van der Waals surface area contributed by atoms with Crippen LogP contribution in [0.5, 0.6) is 0 Å². The quantitative estimate of drug-likeness (QED) is 0.0805. The number of nitrogens with zero attached hydrogens (tertiary/aromatic N) is 2. The number of fused-ring (bicyclic) bond motifs is 3. The first-order valence-electron chi connectivity index (χ1n) is 19.3. The number of benzene rings is 4. The maximum atomic E-state index is 13.3. The van der Waals surface area contributed by atoms with Crippen LogP contribution < -0.4 is 21.3 Å². The van der Waals surface area contributed by atoms with Crippen LogP contribution in [0.1, 0.15) is 129 Å². The molecule has 0 saturated carbocycles. The van der Waals surface area contributed by atoms with E-state index in [1.165, 1.54) is 86.5 Å². The van der Waals surface area contributed by atoms with Gasteiger partial charge in [0.05, 0.1) is 0 Å². The third kappa shape index (κ3) is 8.66. The Morgan fingerprint density at radius 1 is 0.490 bits per heavy atom. The summed E-state index contributed by atoms with van der Waals surface area (Å²) in [4.78, 5) is 30.2. The lowest BCUT2D eigenvalue weighted by Gasteiger charge is -2.34. The third-order valence-electron chi connectivity index (χ3n) is 10.7. The van der Waals surface area contributed by atoms with Crippen molar-refractivity contribution in [2.75, 3.05) is 21.3 Å². The van der Waals surface area contributed by atoms with E-state index < -0.39 is 0 Å². The summed E-state index contributed by atoms with van der Waals surface area (Å²) >= 11 is 0. The van der Waals surface area contributed by atoms with Gasteiger partial charge >= 0.3 is 0 Å². The first-order chi connectivity index (χ1) is 24.7.